The van der Waals surface area contributed by atoms with Crippen LogP contribution in [0.15, 0.2) is 12.3 Å². The Morgan fingerprint density at radius 2 is 2.43 bits per heavy atom. The summed E-state index contributed by atoms with van der Waals surface area (Å²) in [6.07, 6.45) is 4.24. The third-order valence-electron chi connectivity index (χ3n) is 2.33. The first-order valence-corrected chi connectivity index (χ1v) is 4.74. The maximum atomic E-state index is 8.68. The Kier molecular flexibility index (Phi) is 2.32. The van der Waals surface area contributed by atoms with E-state index in [2.05, 4.69) is 9.97 Å². The minimum absolute atomic E-state index is 0.428. The van der Waals surface area contributed by atoms with E-state index in [1.54, 1.807) is 12.3 Å². The van der Waals surface area contributed by atoms with E-state index in [1.807, 2.05) is 18.0 Å². The highest BCUT2D eigenvalue weighted by Crippen LogP contribution is 2.29. The van der Waals surface area contributed by atoms with E-state index in [0.29, 0.717) is 11.6 Å². The van der Waals surface area contributed by atoms with Gasteiger partial charge in [0.2, 0.25) is 5.95 Å². The lowest BCUT2D eigenvalue weighted by Gasteiger charge is -2.15. The van der Waals surface area contributed by atoms with E-state index in [-0.39, 0.29) is 0 Å². The molecule has 1 fully saturated rings. The van der Waals surface area contributed by atoms with Gasteiger partial charge in [-0.2, -0.15) is 5.26 Å². The van der Waals surface area contributed by atoms with E-state index >= 15 is 0 Å². The standard InChI is InChI=1S/C10H12N4/c1-14(7-8-2-3-8)10-12-5-4-9(6-11)13-10/h4-5,8H,2-3,7H2,1H3. The molecule has 1 saturated carbocycles. The molecule has 72 valence electrons. The van der Waals surface area contributed by atoms with Crippen molar-refractivity contribution in [3.63, 3.8) is 0 Å². The quantitative estimate of drug-likeness (QED) is 0.715. The van der Waals surface area contributed by atoms with Crippen molar-refractivity contribution >= 4 is 5.95 Å². The molecule has 0 saturated heterocycles. The van der Waals surface area contributed by atoms with Gasteiger partial charge in [-0.3, -0.25) is 0 Å². The maximum absolute atomic E-state index is 8.68. The molecule has 0 aliphatic heterocycles. The molecular weight excluding hydrogens is 176 g/mol. The van der Waals surface area contributed by atoms with Crippen molar-refractivity contribution in [2.24, 2.45) is 5.92 Å². The largest absolute Gasteiger partial charge is 0.344 e. The summed E-state index contributed by atoms with van der Waals surface area (Å²) in [5.41, 5.74) is 0.428. The average molecular weight is 188 g/mol. The van der Waals surface area contributed by atoms with Crippen LogP contribution in [0.4, 0.5) is 5.95 Å². The van der Waals surface area contributed by atoms with Crippen molar-refractivity contribution < 1.29 is 0 Å². The second kappa shape index (κ2) is 3.62. The first-order chi connectivity index (χ1) is 6.79. The van der Waals surface area contributed by atoms with Crippen LogP contribution in [-0.2, 0) is 0 Å². The molecule has 0 N–H and O–H groups in total. The number of hydrogen-bond acceptors (Lipinski definition) is 4. The molecule has 0 aromatic carbocycles. The molecule has 1 heterocycles. The first-order valence-electron chi connectivity index (χ1n) is 4.74. The Morgan fingerprint density at radius 3 is 3.07 bits per heavy atom. The van der Waals surface area contributed by atoms with Gasteiger partial charge in [-0.05, 0) is 24.8 Å². The average Bonchev–Trinajstić information content (AvgIpc) is 3.02. The molecule has 1 aromatic heterocycles. The van der Waals surface area contributed by atoms with Crippen LogP contribution >= 0.6 is 0 Å². The van der Waals surface area contributed by atoms with Crippen LogP contribution in [0.3, 0.4) is 0 Å². The van der Waals surface area contributed by atoms with Crippen LogP contribution in [0.1, 0.15) is 18.5 Å². The van der Waals surface area contributed by atoms with Gasteiger partial charge >= 0.3 is 0 Å². The highest BCUT2D eigenvalue weighted by Gasteiger charge is 2.23. The molecule has 4 nitrogen and oxygen atoms in total. The normalized spacial score (nSPS) is 14.9. The SMILES string of the molecule is CN(CC1CC1)c1nccc(C#N)n1. The van der Waals surface area contributed by atoms with Crippen LogP contribution in [0.25, 0.3) is 0 Å². The predicted octanol–water partition coefficient (Wildman–Crippen LogP) is 1.19. The Bertz CT molecular complexity index is 365. The summed E-state index contributed by atoms with van der Waals surface area (Å²) >= 11 is 0. The van der Waals surface area contributed by atoms with Gasteiger partial charge in [-0.1, -0.05) is 0 Å². The summed E-state index contributed by atoms with van der Waals surface area (Å²) in [4.78, 5) is 10.3. The van der Waals surface area contributed by atoms with Gasteiger partial charge in [0.05, 0.1) is 0 Å². The third-order valence-corrected chi connectivity index (χ3v) is 2.33. The number of rotatable bonds is 3. The Hall–Kier alpha value is -1.63. The monoisotopic (exact) mass is 188 g/mol. The van der Waals surface area contributed by atoms with Gasteiger partial charge in [-0.15, -0.1) is 0 Å². The van der Waals surface area contributed by atoms with Crippen LogP contribution in [-0.4, -0.2) is 23.6 Å². The van der Waals surface area contributed by atoms with Crippen LogP contribution < -0.4 is 4.90 Å². The molecule has 0 amide bonds. The third kappa shape index (κ3) is 1.99. The van der Waals surface area contributed by atoms with E-state index in [0.717, 1.165) is 12.5 Å². The molecule has 4 heteroatoms. The lowest BCUT2D eigenvalue weighted by molar-refractivity contribution is 0.763. The smallest absolute Gasteiger partial charge is 0.226 e. The Morgan fingerprint density at radius 1 is 1.64 bits per heavy atom. The van der Waals surface area contributed by atoms with Gasteiger partial charge in [0, 0.05) is 19.8 Å². The molecule has 1 aliphatic rings. The van der Waals surface area contributed by atoms with Crippen LogP contribution in [0.2, 0.25) is 0 Å². The van der Waals surface area contributed by atoms with E-state index in [1.165, 1.54) is 12.8 Å². The van der Waals surface area contributed by atoms with Crippen LogP contribution in [0.5, 0.6) is 0 Å². The van der Waals surface area contributed by atoms with Gasteiger partial charge in [0.15, 0.2) is 0 Å². The number of aromatic nitrogens is 2. The zero-order valence-electron chi connectivity index (χ0n) is 8.14. The molecule has 0 bridgehead atoms. The van der Waals surface area contributed by atoms with Gasteiger partial charge in [-0.25, -0.2) is 9.97 Å². The lowest BCUT2D eigenvalue weighted by atomic mass is 10.4. The molecule has 0 atom stereocenters. The summed E-state index contributed by atoms with van der Waals surface area (Å²) in [7, 11) is 1.97. The number of hydrogen-bond donors (Lipinski definition) is 0. The summed E-state index contributed by atoms with van der Waals surface area (Å²) in [6, 6.07) is 3.63. The zero-order valence-corrected chi connectivity index (χ0v) is 8.14. The number of anilines is 1. The minimum atomic E-state index is 0.428. The summed E-state index contributed by atoms with van der Waals surface area (Å²) in [5, 5.41) is 8.68. The second-order valence-electron chi connectivity index (χ2n) is 3.68. The first kappa shape index (κ1) is 8.95. The predicted molar refractivity (Wildman–Crippen MR) is 52.7 cm³/mol. The fraction of sp³-hybridized carbons (Fsp3) is 0.500. The number of nitriles is 1. The molecule has 0 radical (unpaired) electrons. The summed E-state index contributed by atoms with van der Waals surface area (Å²) in [6.45, 7) is 0.995. The lowest BCUT2D eigenvalue weighted by Crippen LogP contribution is -2.22. The van der Waals surface area contributed by atoms with Crippen molar-refractivity contribution in [3.05, 3.63) is 18.0 Å². The second-order valence-corrected chi connectivity index (χ2v) is 3.68. The van der Waals surface area contributed by atoms with E-state index in [4.69, 9.17) is 5.26 Å². The summed E-state index contributed by atoms with van der Waals surface area (Å²) < 4.78 is 0. The van der Waals surface area contributed by atoms with Gasteiger partial charge < -0.3 is 4.90 Å². The van der Waals surface area contributed by atoms with Crippen molar-refractivity contribution in [2.75, 3.05) is 18.5 Å². The van der Waals surface area contributed by atoms with Gasteiger partial charge in [0.1, 0.15) is 11.8 Å². The summed E-state index contributed by atoms with van der Waals surface area (Å²) in [5.74, 6) is 1.45. The van der Waals surface area contributed by atoms with Crippen molar-refractivity contribution in [3.8, 4) is 6.07 Å². The van der Waals surface area contributed by atoms with Crippen molar-refractivity contribution in [2.45, 2.75) is 12.8 Å². The molecule has 0 spiro atoms. The Labute approximate surface area is 83.2 Å². The highest BCUT2D eigenvalue weighted by molar-refractivity contribution is 5.32. The highest BCUT2D eigenvalue weighted by atomic mass is 15.2. The molecular formula is C10H12N4. The van der Waals surface area contributed by atoms with E-state index < -0.39 is 0 Å². The maximum Gasteiger partial charge on any atom is 0.226 e. The fourth-order valence-electron chi connectivity index (χ4n) is 1.36. The van der Waals surface area contributed by atoms with E-state index in [9.17, 15) is 0 Å². The molecule has 1 aliphatic carbocycles. The minimum Gasteiger partial charge on any atom is -0.344 e. The molecule has 0 unspecified atom stereocenters. The molecule has 2 rings (SSSR count). The Balaban J connectivity index is 2.09. The van der Waals surface area contributed by atoms with Crippen molar-refractivity contribution in [1.29, 1.82) is 5.26 Å². The fourth-order valence-corrected chi connectivity index (χ4v) is 1.36. The van der Waals surface area contributed by atoms with Crippen LogP contribution in [0, 0.1) is 17.2 Å². The number of nitrogens with zero attached hydrogens (tertiary/aromatic N) is 4. The van der Waals surface area contributed by atoms with Gasteiger partial charge in [0.25, 0.3) is 0 Å². The molecule has 14 heavy (non-hydrogen) atoms. The van der Waals surface area contributed by atoms with Crippen molar-refractivity contribution in [1.82, 2.24) is 9.97 Å². The molecule has 1 aromatic rings. The topological polar surface area (TPSA) is 52.8 Å². The zero-order chi connectivity index (χ0) is 9.97.